The number of benzene rings is 1. The SMILES string of the molecule is CNC(CCN(C)C)Cc1ccccc1. The van der Waals surface area contributed by atoms with Gasteiger partial charge < -0.3 is 10.2 Å². The number of nitrogens with one attached hydrogen (secondary N) is 1. The van der Waals surface area contributed by atoms with Gasteiger partial charge in [-0.1, -0.05) is 30.3 Å². The standard InChI is InChI=1S/C13H22N2/c1-14-13(9-10-15(2)3)11-12-7-5-4-6-8-12/h4-8,13-14H,9-11H2,1-3H3. The fourth-order valence-corrected chi connectivity index (χ4v) is 1.66. The van der Waals surface area contributed by atoms with Gasteiger partial charge in [0.05, 0.1) is 0 Å². The van der Waals surface area contributed by atoms with Crippen LogP contribution in [0, 0.1) is 0 Å². The van der Waals surface area contributed by atoms with Crippen LogP contribution in [0.4, 0.5) is 0 Å². The van der Waals surface area contributed by atoms with Crippen LogP contribution in [0.3, 0.4) is 0 Å². The number of hydrogen-bond acceptors (Lipinski definition) is 2. The van der Waals surface area contributed by atoms with Gasteiger partial charge in [-0.05, 0) is 46.1 Å². The van der Waals surface area contributed by atoms with Gasteiger partial charge in [-0.3, -0.25) is 0 Å². The summed E-state index contributed by atoms with van der Waals surface area (Å²) in [6.45, 7) is 1.14. The molecule has 84 valence electrons. The molecule has 1 rings (SSSR count). The summed E-state index contributed by atoms with van der Waals surface area (Å²) < 4.78 is 0. The Morgan fingerprint density at radius 2 is 1.87 bits per heavy atom. The minimum atomic E-state index is 0.579. The highest BCUT2D eigenvalue weighted by atomic mass is 15.1. The molecule has 0 amide bonds. The molecule has 1 N–H and O–H groups in total. The summed E-state index contributed by atoms with van der Waals surface area (Å²) in [7, 11) is 6.29. The third-order valence-corrected chi connectivity index (χ3v) is 2.66. The van der Waals surface area contributed by atoms with Crippen LogP contribution >= 0.6 is 0 Å². The Bertz CT molecular complexity index is 256. The lowest BCUT2D eigenvalue weighted by Crippen LogP contribution is -2.31. The molecule has 0 aliphatic heterocycles. The maximum absolute atomic E-state index is 3.38. The zero-order valence-corrected chi connectivity index (χ0v) is 10.0. The van der Waals surface area contributed by atoms with E-state index in [1.807, 2.05) is 7.05 Å². The molecule has 0 spiro atoms. The first-order valence-corrected chi connectivity index (χ1v) is 5.58. The highest BCUT2D eigenvalue weighted by Gasteiger charge is 2.06. The second-order valence-electron chi connectivity index (χ2n) is 4.27. The Hall–Kier alpha value is -0.860. The number of likely N-dealkylation sites (N-methyl/N-ethyl adjacent to an activating group) is 1. The quantitative estimate of drug-likeness (QED) is 0.763. The van der Waals surface area contributed by atoms with Gasteiger partial charge in [0, 0.05) is 6.04 Å². The molecule has 2 nitrogen and oxygen atoms in total. The lowest BCUT2D eigenvalue weighted by Gasteiger charge is -2.18. The lowest BCUT2D eigenvalue weighted by atomic mass is 10.0. The molecule has 2 heteroatoms. The van der Waals surface area contributed by atoms with E-state index in [1.54, 1.807) is 0 Å². The van der Waals surface area contributed by atoms with Gasteiger partial charge in [-0.25, -0.2) is 0 Å². The van der Waals surface area contributed by atoms with Gasteiger partial charge >= 0.3 is 0 Å². The van der Waals surface area contributed by atoms with Crippen molar-refractivity contribution in [2.75, 3.05) is 27.7 Å². The molecule has 1 aromatic rings. The van der Waals surface area contributed by atoms with Crippen LogP contribution in [-0.4, -0.2) is 38.6 Å². The van der Waals surface area contributed by atoms with E-state index in [-0.39, 0.29) is 0 Å². The average Bonchev–Trinajstić information content (AvgIpc) is 2.25. The molecular formula is C13H22N2. The van der Waals surface area contributed by atoms with Crippen molar-refractivity contribution in [1.82, 2.24) is 10.2 Å². The second kappa shape index (κ2) is 6.59. The maximum atomic E-state index is 3.38. The Morgan fingerprint density at radius 3 is 2.40 bits per heavy atom. The molecular weight excluding hydrogens is 184 g/mol. The number of nitrogens with zero attached hydrogens (tertiary/aromatic N) is 1. The van der Waals surface area contributed by atoms with Crippen molar-refractivity contribution in [2.24, 2.45) is 0 Å². The van der Waals surface area contributed by atoms with Crippen molar-refractivity contribution in [3.8, 4) is 0 Å². The molecule has 0 heterocycles. The van der Waals surface area contributed by atoms with E-state index in [9.17, 15) is 0 Å². The van der Waals surface area contributed by atoms with Crippen LogP contribution in [0.1, 0.15) is 12.0 Å². The predicted molar refractivity (Wildman–Crippen MR) is 66.2 cm³/mol. The average molecular weight is 206 g/mol. The molecule has 1 aromatic carbocycles. The van der Waals surface area contributed by atoms with Crippen LogP contribution in [0.25, 0.3) is 0 Å². The first-order chi connectivity index (χ1) is 7.22. The van der Waals surface area contributed by atoms with E-state index in [0.29, 0.717) is 6.04 Å². The van der Waals surface area contributed by atoms with Gasteiger partial charge in [-0.15, -0.1) is 0 Å². The molecule has 0 saturated carbocycles. The van der Waals surface area contributed by atoms with Crippen molar-refractivity contribution >= 4 is 0 Å². The topological polar surface area (TPSA) is 15.3 Å². The number of hydrogen-bond donors (Lipinski definition) is 1. The Labute approximate surface area is 93.3 Å². The predicted octanol–water partition coefficient (Wildman–Crippen LogP) is 1.77. The zero-order valence-electron chi connectivity index (χ0n) is 10.0. The lowest BCUT2D eigenvalue weighted by molar-refractivity contribution is 0.364. The third kappa shape index (κ3) is 4.96. The molecule has 0 radical (unpaired) electrons. The molecule has 15 heavy (non-hydrogen) atoms. The summed E-state index contributed by atoms with van der Waals surface area (Å²) in [6, 6.07) is 11.2. The Morgan fingerprint density at radius 1 is 1.20 bits per heavy atom. The van der Waals surface area contributed by atoms with Crippen molar-refractivity contribution in [3.63, 3.8) is 0 Å². The highest BCUT2D eigenvalue weighted by Crippen LogP contribution is 2.05. The van der Waals surface area contributed by atoms with E-state index in [4.69, 9.17) is 0 Å². The molecule has 0 fully saturated rings. The van der Waals surface area contributed by atoms with Crippen molar-refractivity contribution in [3.05, 3.63) is 35.9 Å². The molecule has 1 atom stereocenters. The minimum absolute atomic E-state index is 0.579. The van der Waals surface area contributed by atoms with E-state index < -0.39 is 0 Å². The Balaban J connectivity index is 2.40. The third-order valence-electron chi connectivity index (χ3n) is 2.66. The van der Waals surface area contributed by atoms with Gasteiger partial charge in [0.25, 0.3) is 0 Å². The van der Waals surface area contributed by atoms with E-state index in [2.05, 4.69) is 54.6 Å². The first-order valence-electron chi connectivity index (χ1n) is 5.58. The second-order valence-corrected chi connectivity index (χ2v) is 4.27. The maximum Gasteiger partial charge on any atom is 0.0117 e. The van der Waals surface area contributed by atoms with E-state index in [1.165, 1.54) is 12.0 Å². The van der Waals surface area contributed by atoms with Crippen molar-refractivity contribution in [1.29, 1.82) is 0 Å². The number of rotatable bonds is 6. The Kier molecular flexibility index (Phi) is 5.37. The van der Waals surface area contributed by atoms with Gasteiger partial charge in [-0.2, -0.15) is 0 Å². The zero-order chi connectivity index (χ0) is 11.1. The van der Waals surface area contributed by atoms with Crippen molar-refractivity contribution < 1.29 is 0 Å². The summed E-state index contributed by atoms with van der Waals surface area (Å²) in [5, 5.41) is 3.38. The largest absolute Gasteiger partial charge is 0.317 e. The summed E-state index contributed by atoms with van der Waals surface area (Å²) >= 11 is 0. The van der Waals surface area contributed by atoms with Gasteiger partial charge in [0.2, 0.25) is 0 Å². The fraction of sp³-hybridized carbons (Fsp3) is 0.538. The van der Waals surface area contributed by atoms with E-state index >= 15 is 0 Å². The van der Waals surface area contributed by atoms with Gasteiger partial charge in [0.15, 0.2) is 0 Å². The minimum Gasteiger partial charge on any atom is -0.317 e. The van der Waals surface area contributed by atoms with Crippen LogP contribution in [-0.2, 0) is 6.42 Å². The summed E-state index contributed by atoms with van der Waals surface area (Å²) in [4.78, 5) is 2.23. The molecule has 0 aliphatic carbocycles. The summed E-state index contributed by atoms with van der Waals surface area (Å²) in [5.41, 5.74) is 1.41. The van der Waals surface area contributed by atoms with Crippen molar-refractivity contribution in [2.45, 2.75) is 18.9 Å². The first kappa shape index (κ1) is 12.2. The molecule has 0 bridgehead atoms. The normalized spacial score (nSPS) is 13.1. The smallest absolute Gasteiger partial charge is 0.0117 e. The summed E-state index contributed by atoms with van der Waals surface area (Å²) in [6.07, 6.45) is 2.31. The molecule has 1 unspecified atom stereocenters. The van der Waals surface area contributed by atoms with E-state index in [0.717, 1.165) is 13.0 Å². The van der Waals surface area contributed by atoms with Crippen LogP contribution in [0.15, 0.2) is 30.3 Å². The molecule has 0 saturated heterocycles. The highest BCUT2D eigenvalue weighted by molar-refractivity contribution is 5.15. The van der Waals surface area contributed by atoms with Crippen LogP contribution in [0.5, 0.6) is 0 Å². The molecule has 0 aromatic heterocycles. The van der Waals surface area contributed by atoms with Gasteiger partial charge in [0.1, 0.15) is 0 Å². The van der Waals surface area contributed by atoms with Crippen LogP contribution < -0.4 is 5.32 Å². The fourth-order valence-electron chi connectivity index (χ4n) is 1.66. The summed E-state index contributed by atoms with van der Waals surface area (Å²) in [5.74, 6) is 0. The molecule has 0 aliphatic rings. The van der Waals surface area contributed by atoms with Crippen LogP contribution in [0.2, 0.25) is 0 Å². The monoisotopic (exact) mass is 206 g/mol.